The highest BCUT2D eigenvalue weighted by Crippen LogP contribution is 2.37. The predicted molar refractivity (Wildman–Crippen MR) is 137 cm³/mol. The minimum Gasteiger partial charge on any atom is -0.497 e. The Morgan fingerprint density at radius 3 is 2.16 bits per heavy atom. The minimum atomic E-state index is -4.70. The summed E-state index contributed by atoms with van der Waals surface area (Å²) in [7, 11) is -3.14. The maximum absolute atomic E-state index is 13.1. The van der Waals surface area contributed by atoms with Crippen LogP contribution in [0.2, 0.25) is 0 Å². The summed E-state index contributed by atoms with van der Waals surface area (Å²) in [6.45, 7) is 5.39. The molecule has 0 aliphatic rings. The molecule has 2 aromatic carbocycles. The first-order chi connectivity index (χ1) is 17.4. The summed E-state index contributed by atoms with van der Waals surface area (Å²) in [5, 5.41) is 8.19. The summed E-state index contributed by atoms with van der Waals surface area (Å²) >= 11 is 0. The number of nitrogens with one attached hydrogen (secondary N) is 3. The van der Waals surface area contributed by atoms with Gasteiger partial charge in [-0.2, -0.15) is 0 Å². The summed E-state index contributed by atoms with van der Waals surface area (Å²) in [6.07, 6.45) is 0.471. The monoisotopic (exact) mass is 535 g/mol. The summed E-state index contributed by atoms with van der Waals surface area (Å²) in [4.78, 5) is 55.7. The number of benzene rings is 2. The Hall–Kier alpha value is -3.40. The fraction of sp³-hybridized carbons (Fsp3) is 0.400. The van der Waals surface area contributed by atoms with Gasteiger partial charge in [-0.25, -0.2) is 4.57 Å². The molecule has 0 aliphatic carbocycles. The molecule has 5 N–H and O–H groups in total. The van der Waals surface area contributed by atoms with Crippen LogP contribution in [0, 0.1) is 5.92 Å². The first-order valence-electron chi connectivity index (χ1n) is 11.7. The van der Waals surface area contributed by atoms with Crippen molar-refractivity contribution in [3.8, 4) is 11.5 Å². The van der Waals surface area contributed by atoms with Gasteiger partial charge in [-0.15, -0.1) is 0 Å². The van der Waals surface area contributed by atoms with Crippen LogP contribution in [0.3, 0.4) is 0 Å². The van der Waals surface area contributed by atoms with Gasteiger partial charge in [0.1, 0.15) is 23.6 Å². The van der Waals surface area contributed by atoms with Gasteiger partial charge in [-0.3, -0.25) is 24.2 Å². The number of phosphoric acid groups is 1. The molecule has 37 heavy (non-hydrogen) atoms. The lowest BCUT2D eigenvalue weighted by Gasteiger charge is -2.24. The molecule has 0 radical (unpaired) electrons. The highest BCUT2D eigenvalue weighted by molar-refractivity contribution is 7.46. The van der Waals surface area contributed by atoms with E-state index in [0.717, 1.165) is 5.56 Å². The number of methoxy groups -OCH3 is 1. The molecular formula is C25H34N3O8P. The van der Waals surface area contributed by atoms with Crippen LogP contribution in [0.4, 0.5) is 0 Å². The normalized spacial score (nSPS) is 12.8. The van der Waals surface area contributed by atoms with Gasteiger partial charge in [0.05, 0.1) is 7.11 Å². The van der Waals surface area contributed by atoms with Crippen LogP contribution in [0.25, 0.3) is 0 Å². The molecule has 0 unspecified atom stereocenters. The lowest BCUT2D eigenvalue weighted by molar-refractivity contribution is -0.132. The molecule has 11 nitrogen and oxygen atoms in total. The van der Waals surface area contributed by atoms with Crippen LogP contribution in [-0.2, 0) is 31.9 Å². The summed E-state index contributed by atoms with van der Waals surface area (Å²) < 4.78 is 20.7. The second-order valence-corrected chi connectivity index (χ2v) is 10.1. The van der Waals surface area contributed by atoms with E-state index in [2.05, 4.69) is 20.5 Å². The van der Waals surface area contributed by atoms with E-state index in [9.17, 15) is 18.9 Å². The second kappa shape index (κ2) is 13.8. The van der Waals surface area contributed by atoms with Gasteiger partial charge in [0.25, 0.3) is 0 Å². The number of phosphoric ester groups is 1. The zero-order valence-corrected chi connectivity index (χ0v) is 22.2. The molecule has 12 heteroatoms. The number of rotatable bonds is 13. The summed E-state index contributed by atoms with van der Waals surface area (Å²) in [6, 6.07) is 11.2. The number of carbonyl (C=O) groups excluding carboxylic acids is 3. The van der Waals surface area contributed by atoms with Crippen LogP contribution in [-0.4, -0.2) is 46.7 Å². The lowest BCUT2D eigenvalue weighted by Crippen LogP contribution is -2.54. The standard InChI is InChI=1S/C25H34N3O8P/c1-16(2)12-22(24(30)26-15-19-6-5-7-21(13-19)35-4)28-25(31)23(27-17(3)29)14-18-8-10-20(11-9-18)36-37(32,33)34/h5-11,13,16,22-23H,12,14-15H2,1-4H3,(H,26,30)(H,27,29)(H,28,31)(H2,32,33,34)/t22-,23-/m0/s1. The molecule has 2 aromatic rings. The number of carbonyl (C=O) groups is 3. The van der Waals surface area contributed by atoms with Gasteiger partial charge in [0.15, 0.2) is 0 Å². The second-order valence-electron chi connectivity index (χ2n) is 8.94. The van der Waals surface area contributed by atoms with Crippen LogP contribution < -0.4 is 25.2 Å². The molecule has 0 aliphatic heterocycles. The van der Waals surface area contributed by atoms with E-state index < -0.39 is 31.7 Å². The summed E-state index contributed by atoms with van der Waals surface area (Å²) in [5.74, 6) is -0.586. The minimum absolute atomic E-state index is 0.0395. The Balaban J connectivity index is 2.10. The number of hydrogen-bond donors (Lipinski definition) is 5. The number of ether oxygens (including phenoxy) is 1. The van der Waals surface area contributed by atoms with Crippen molar-refractivity contribution < 1.29 is 38.0 Å². The van der Waals surface area contributed by atoms with Crippen molar-refractivity contribution >= 4 is 25.5 Å². The Morgan fingerprint density at radius 1 is 0.919 bits per heavy atom. The van der Waals surface area contributed by atoms with Crippen molar-refractivity contribution in [1.29, 1.82) is 0 Å². The third-order valence-electron chi connectivity index (χ3n) is 5.22. The van der Waals surface area contributed by atoms with E-state index in [0.29, 0.717) is 17.7 Å². The largest absolute Gasteiger partial charge is 0.524 e. The predicted octanol–water partition coefficient (Wildman–Crippen LogP) is 2.06. The molecule has 0 saturated heterocycles. The molecule has 202 valence electrons. The van der Waals surface area contributed by atoms with Gasteiger partial charge in [0, 0.05) is 19.9 Å². The first-order valence-corrected chi connectivity index (χ1v) is 13.2. The van der Waals surface area contributed by atoms with Crippen molar-refractivity contribution in [3.63, 3.8) is 0 Å². The highest BCUT2D eigenvalue weighted by Gasteiger charge is 2.27. The third kappa shape index (κ3) is 11.0. The number of hydrogen-bond acceptors (Lipinski definition) is 6. The molecule has 0 spiro atoms. The van der Waals surface area contributed by atoms with Crippen molar-refractivity contribution in [1.82, 2.24) is 16.0 Å². The molecule has 0 heterocycles. The average Bonchev–Trinajstić information content (AvgIpc) is 2.81. The topological polar surface area (TPSA) is 163 Å². The molecule has 0 bridgehead atoms. The molecule has 0 fully saturated rings. The maximum Gasteiger partial charge on any atom is 0.524 e. The van der Waals surface area contributed by atoms with Crippen LogP contribution >= 0.6 is 7.82 Å². The van der Waals surface area contributed by atoms with Crippen LogP contribution in [0.15, 0.2) is 48.5 Å². The van der Waals surface area contributed by atoms with E-state index in [1.165, 1.54) is 31.2 Å². The average molecular weight is 536 g/mol. The zero-order chi connectivity index (χ0) is 27.6. The van der Waals surface area contributed by atoms with Crippen molar-refractivity contribution in [3.05, 3.63) is 59.7 Å². The van der Waals surface area contributed by atoms with Crippen LogP contribution in [0.1, 0.15) is 38.3 Å². The molecule has 0 saturated carbocycles. The van der Waals surface area contributed by atoms with E-state index in [-0.39, 0.29) is 30.5 Å². The SMILES string of the molecule is COc1cccc(CNC(=O)[C@H](CC(C)C)NC(=O)[C@H](Cc2ccc(OP(=O)(O)O)cc2)NC(C)=O)c1. The molecule has 2 rings (SSSR count). The molecule has 0 aromatic heterocycles. The summed E-state index contributed by atoms with van der Waals surface area (Å²) in [5.41, 5.74) is 1.44. The van der Waals surface area contributed by atoms with Crippen molar-refractivity contribution in [2.45, 2.75) is 52.2 Å². The van der Waals surface area contributed by atoms with E-state index in [4.69, 9.17) is 14.5 Å². The Labute approximate surface area is 216 Å². The van der Waals surface area contributed by atoms with E-state index >= 15 is 0 Å². The number of amides is 3. The fourth-order valence-electron chi connectivity index (χ4n) is 3.58. The Bertz CT molecular complexity index is 1120. The quantitative estimate of drug-likeness (QED) is 0.243. The first kappa shape index (κ1) is 29.8. The van der Waals surface area contributed by atoms with Gasteiger partial charge >= 0.3 is 7.82 Å². The highest BCUT2D eigenvalue weighted by atomic mass is 31.2. The van der Waals surface area contributed by atoms with Gasteiger partial charge < -0.3 is 25.2 Å². The molecular weight excluding hydrogens is 501 g/mol. The van der Waals surface area contributed by atoms with Crippen LogP contribution in [0.5, 0.6) is 11.5 Å². The van der Waals surface area contributed by atoms with E-state index in [1.807, 2.05) is 26.0 Å². The Morgan fingerprint density at radius 2 is 1.59 bits per heavy atom. The smallest absolute Gasteiger partial charge is 0.497 e. The van der Waals surface area contributed by atoms with Gasteiger partial charge in [0.2, 0.25) is 17.7 Å². The molecule has 2 atom stereocenters. The Kier molecular flexibility index (Phi) is 11.1. The van der Waals surface area contributed by atoms with Gasteiger partial charge in [-0.05, 0) is 47.7 Å². The van der Waals surface area contributed by atoms with E-state index in [1.54, 1.807) is 19.2 Å². The van der Waals surface area contributed by atoms with Gasteiger partial charge in [-0.1, -0.05) is 38.1 Å². The zero-order valence-electron chi connectivity index (χ0n) is 21.3. The fourth-order valence-corrected chi connectivity index (χ4v) is 3.98. The molecule has 3 amide bonds. The van der Waals surface area contributed by atoms with Crippen molar-refractivity contribution in [2.24, 2.45) is 5.92 Å². The maximum atomic E-state index is 13.1. The third-order valence-corrected chi connectivity index (χ3v) is 5.67. The van der Waals surface area contributed by atoms with Crippen molar-refractivity contribution in [2.75, 3.05) is 7.11 Å². The lowest BCUT2D eigenvalue weighted by atomic mass is 10.0.